The molecule has 1 aromatic heterocycles. The minimum Gasteiger partial charge on any atom is -0.336 e. The summed E-state index contributed by atoms with van der Waals surface area (Å²) in [6, 6.07) is 17.5. The number of nitrogens with zero attached hydrogens (tertiary/aromatic N) is 3. The maximum Gasteiger partial charge on any atom is 0.253 e. The average Bonchev–Trinajstić information content (AvgIpc) is 3.28. The molecule has 0 radical (unpaired) electrons. The van der Waals surface area contributed by atoms with Crippen LogP contribution in [0.15, 0.2) is 54.6 Å². The fourth-order valence-corrected chi connectivity index (χ4v) is 3.49. The van der Waals surface area contributed by atoms with Crippen molar-refractivity contribution in [2.24, 2.45) is 5.73 Å². The van der Waals surface area contributed by atoms with E-state index in [0.717, 1.165) is 11.4 Å². The molecule has 3 N–H and O–H groups in total. The van der Waals surface area contributed by atoms with Crippen LogP contribution in [-0.4, -0.2) is 45.1 Å². The number of carbonyl (C=O) groups excluding carboxylic acids is 1. The topological polar surface area (TPSA) is 87.9 Å². The highest BCUT2D eigenvalue weighted by Gasteiger charge is 2.34. The van der Waals surface area contributed by atoms with Crippen molar-refractivity contribution in [2.45, 2.75) is 18.9 Å². The maximum absolute atomic E-state index is 13.0. The second kappa shape index (κ2) is 9.19. The van der Waals surface area contributed by atoms with E-state index < -0.39 is 0 Å². The lowest BCUT2D eigenvalue weighted by atomic mass is 9.95. The quantitative estimate of drug-likeness (QED) is 0.681. The molecule has 4 rings (SSSR count). The number of carbonyl (C=O) groups is 1. The van der Waals surface area contributed by atoms with Gasteiger partial charge in [0.1, 0.15) is 5.82 Å². The number of nitrogens with one attached hydrogen (secondary N) is 1. The van der Waals surface area contributed by atoms with Crippen LogP contribution in [0, 0.1) is 6.92 Å². The SMILES string of the molecule is Cc1nc(-c2cccc(C(=O)N3C[C@@H](N)[C@H](c4ccccc4)C3)c2)n[nH]1.Cl.Cl. The maximum atomic E-state index is 13.0. The first kappa shape index (κ1) is 21.9. The summed E-state index contributed by atoms with van der Waals surface area (Å²) in [5.74, 6) is 1.50. The Bertz CT molecular complexity index is 931. The number of aromatic nitrogens is 3. The molecular formula is C20H23Cl2N5O. The molecule has 2 heterocycles. The van der Waals surface area contributed by atoms with Crippen LogP contribution in [0.2, 0.25) is 0 Å². The van der Waals surface area contributed by atoms with Crippen LogP contribution < -0.4 is 5.73 Å². The third-order valence-electron chi connectivity index (χ3n) is 4.84. The smallest absolute Gasteiger partial charge is 0.253 e. The van der Waals surface area contributed by atoms with Crippen LogP contribution in [0.25, 0.3) is 11.4 Å². The van der Waals surface area contributed by atoms with Crippen LogP contribution in [0.1, 0.15) is 27.7 Å². The molecule has 0 unspecified atom stereocenters. The van der Waals surface area contributed by atoms with Crippen molar-refractivity contribution >= 4 is 30.7 Å². The molecule has 3 aromatic rings. The lowest BCUT2D eigenvalue weighted by molar-refractivity contribution is 0.0789. The van der Waals surface area contributed by atoms with E-state index in [0.29, 0.717) is 24.5 Å². The molecule has 1 fully saturated rings. The number of likely N-dealkylation sites (tertiary alicyclic amines) is 1. The summed E-state index contributed by atoms with van der Waals surface area (Å²) in [4.78, 5) is 19.1. The highest BCUT2D eigenvalue weighted by atomic mass is 35.5. The molecule has 148 valence electrons. The zero-order valence-corrected chi connectivity index (χ0v) is 17.0. The van der Waals surface area contributed by atoms with Gasteiger partial charge < -0.3 is 10.6 Å². The number of rotatable bonds is 3. The van der Waals surface area contributed by atoms with E-state index in [4.69, 9.17) is 5.73 Å². The number of H-pyrrole nitrogens is 1. The van der Waals surface area contributed by atoms with Gasteiger partial charge in [-0.15, -0.1) is 24.8 Å². The standard InChI is InChI=1S/C20H21N5O.2ClH/c1-13-22-19(24-23-13)15-8-5-9-16(10-15)20(26)25-11-17(18(21)12-25)14-6-3-2-4-7-14;;/h2-10,17-18H,11-12,21H2,1H3,(H,22,23,24);2*1H/t17-,18+;;/m0../s1. The summed E-state index contributed by atoms with van der Waals surface area (Å²) in [6.45, 7) is 3.04. The first-order valence-corrected chi connectivity index (χ1v) is 8.71. The fourth-order valence-electron chi connectivity index (χ4n) is 3.49. The lowest BCUT2D eigenvalue weighted by Crippen LogP contribution is -2.32. The Morgan fingerprint density at radius 3 is 2.54 bits per heavy atom. The molecule has 0 saturated carbocycles. The molecule has 0 bridgehead atoms. The van der Waals surface area contributed by atoms with E-state index in [1.54, 1.807) is 0 Å². The van der Waals surface area contributed by atoms with E-state index in [9.17, 15) is 4.79 Å². The van der Waals surface area contributed by atoms with Gasteiger partial charge in [0, 0.05) is 36.2 Å². The number of benzene rings is 2. The minimum absolute atomic E-state index is 0. The molecule has 6 nitrogen and oxygen atoms in total. The third-order valence-corrected chi connectivity index (χ3v) is 4.84. The first-order valence-electron chi connectivity index (χ1n) is 8.71. The number of aromatic amines is 1. The summed E-state index contributed by atoms with van der Waals surface area (Å²) in [7, 11) is 0. The van der Waals surface area contributed by atoms with E-state index in [2.05, 4.69) is 27.3 Å². The Hall–Kier alpha value is -2.41. The molecule has 8 heteroatoms. The Morgan fingerprint density at radius 1 is 1.11 bits per heavy atom. The minimum atomic E-state index is -0.0554. The van der Waals surface area contributed by atoms with Gasteiger partial charge in [0.25, 0.3) is 5.91 Å². The Labute approximate surface area is 176 Å². The molecule has 1 aliphatic heterocycles. The summed E-state index contributed by atoms with van der Waals surface area (Å²) in [6.07, 6.45) is 0. The van der Waals surface area contributed by atoms with Gasteiger partial charge in [-0.25, -0.2) is 4.98 Å². The molecule has 1 saturated heterocycles. The van der Waals surface area contributed by atoms with Crippen molar-refractivity contribution in [3.63, 3.8) is 0 Å². The average molecular weight is 420 g/mol. The Kier molecular flexibility index (Phi) is 7.18. The molecule has 0 spiro atoms. The van der Waals surface area contributed by atoms with Crippen molar-refractivity contribution in [2.75, 3.05) is 13.1 Å². The monoisotopic (exact) mass is 419 g/mol. The van der Waals surface area contributed by atoms with Crippen LogP contribution in [0.5, 0.6) is 0 Å². The van der Waals surface area contributed by atoms with Gasteiger partial charge in [0.2, 0.25) is 0 Å². The van der Waals surface area contributed by atoms with Crippen LogP contribution in [-0.2, 0) is 0 Å². The summed E-state index contributed by atoms with van der Waals surface area (Å²) >= 11 is 0. The Balaban J connectivity index is 0.00000140. The largest absolute Gasteiger partial charge is 0.336 e. The number of amides is 1. The van der Waals surface area contributed by atoms with Crippen molar-refractivity contribution in [3.05, 3.63) is 71.5 Å². The molecule has 28 heavy (non-hydrogen) atoms. The number of halogens is 2. The first-order chi connectivity index (χ1) is 12.6. The van der Waals surface area contributed by atoms with E-state index in [-0.39, 0.29) is 42.7 Å². The van der Waals surface area contributed by atoms with Gasteiger partial charge in [-0.05, 0) is 24.6 Å². The molecule has 2 aromatic carbocycles. The highest BCUT2D eigenvalue weighted by Crippen LogP contribution is 2.28. The van der Waals surface area contributed by atoms with E-state index in [1.807, 2.05) is 54.3 Å². The molecule has 1 amide bonds. The zero-order valence-electron chi connectivity index (χ0n) is 15.4. The van der Waals surface area contributed by atoms with Crippen LogP contribution in [0.4, 0.5) is 0 Å². The molecular weight excluding hydrogens is 397 g/mol. The molecule has 1 aliphatic rings. The van der Waals surface area contributed by atoms with Crippen LogP contribution >= 0.6 is 24.8 Å². The van der Waals surface area contributed by atoms with Crippen molar-refractivity contribution in [1.82, 2.24) is 20.1 Å². The third kappa shape index (κ3) is 4.35. The number of hydrogen-bond acceptors (Lipinski definition) is 4. The van der Waals surface area contributed by atoms with E-state index in [1.165, 1.54) is 5.56 Å². The lowest BCUT2D eigenvalue weighted by Gasteiger charge is -2.17. The second-order valence-electron chi connectivity index (χ2n) is 6.72. The predicted molar refractivity (Wildman–Crippen MR) is 114 cm³/mol. The van der Waals surface area contributed by atoms with Crippen molar-refractivity contribution < 1.29 is 4.79 Å². The van der Waals surface area contributed by atoms with Gasteiger partial charge in [-0.3, -0.25) is 9.89 Å². The highest BCUT2D eigenvalue weighted by molar-refractivity contribution is 5.95. The van der Waals surface area contributed by atoms with Crippen LogP contribution in [0.3, 0.4) is 0 Å². The summed E-state index contributed by atoms with van der Waals surface area (Å²) in [5, 5.41) is 6.99. The summed E-state index contributed by atoms with van der Waals surface area (Å²) in [5.41, 5.74) is 8.96. The van der Waals surface area contributed by atoms with Gasteiger partial charge in [-0.2, -0.15) is 5.10 Å². The fraction of sp³-hybridized carbons (Fsp3) is 0.250. The molecule has 2 atom stereocenters. The number of nitrogens with two attached hydrogens (primary N) is 1. The van der Waals surface area contributed by atoms with Gasteiger partial charge in [0.05, 0.1) is 0 Å². The normalized spacial score (nSPS) is 18.3. The van der Waals surface area contributed by atoms with Crippen molar-refractivity contribution in [1.29, 1.82) is 0 Å². The molecule has 0 aliphatic carbocycles. The van der Waals surface area contributed by atoms with Gasteiger partial charge in [0.15, 0.2) is 5.82 Å². The van der Waals surface area contributed by atoms with Crippen molar-refractivity contribution in [3.8, 4) is 11.4 Å². The van der Waals surface area contributed by atoms with Gasteiger partial charge in [-0.1, -0.05) is 42.5 Å². The van der Waals surface area contributed by atoms with E-state index >= 15 is 0 Å². The number of hydrogen-bond donors (Lipinski definition) is 2. The Morgan fingerprint density at radius 2 is 1.86 bits per heavy atom. The zero-order chi connectivity index (χ0) is 18.1. The predicted octanol–water partition coefficient (Wildman–Crippen LogP) is 3.19. The second-order valence-corrected chi connectivity index (χ2v) is 6.72. The summed E-state index contributed by atoms with van der Waals surface area (Å²) < 4.78 is 0. The van der Waals surface area contributed by atoms with Gasteiger partial charge >= 0.3 is 0 Å². The number of aryl methyl sites for hydroxylation is 1.